The van der Waals surface area contributed by atoms with Gasteiger partial charge in [0.1, 0.15) is 0 Å². The van der Waals surface area contributed by atoms with Crippen molar-refractivity contribution in [2.24, 2.45) is 11.8 Å². The second-order valence-corrected chi connectivity index (χ2v) is 6.48. The summed E-state index contributed by atoms with van der Waals surface area (Å²) < 4.78 is 0. The van der Waals surface area contributed by atoms with E-state index in [1.54, 1.807) is 18.2 Å². The van der Waals surface area contributed by atoms with Crippen molar-refractivity contribution in [2.75, 3.05) is 18.4 Å². The lowest BCUT2D eigenvalue weighted by Crippen LogP contribution is -2.30. The zero-order chi connectivity index (χ0) is 16.1. The highest BCUT2D eigenvalue weighted by atomic mass is 35.5. The SMILES string of the molecule is CC(C)CNC(=O)c1ccc(NC(=O)NCC2CC2)cc1Cl. The lowest BCUT2D eigenvalue weighted by atomic mass is 10.1. The number of carbonyl (C=O) groups is 2. The normalized spacial score (nSPS) is 13.8. The van der Waals surface area contributed by atoms with Crippen molar-refractivity contribution in [3.63, 3.8) is 0 Å². The Bertz CT molecular complexity index is 556. The Hall–Kier alpha value is -1.75. The minimum atomic E-state index is -0.250. The predicted molar refractivity (Wildman–Crippen MR) is 88.4 cm³/mol. The maximum absolute atomic E-state index is 12.0. The lowest BCUT2D eigenvalue weighted by molar-refractivity contribution is 0.0949. The van der Waals surface area contributed by atoms with E-state index in [2.05, 4.69) is 16.0 Å². The number of amides is 3. The standard InChI is InChI=1S/C16H22ClN3O2/c1-10(2)8-18-15(21)13-6-5-12(7-14(13)17)20-16(22)19-9-11-3-4-11/h5-7,10-11H,3-4,8-9H2,1-2H3,(H,18,21)(H2,19,20,22). The van der Waals surface area contributed by atoms with Crippen LogP contribution in [0.4, 0.5) is 10.5 Å². The van der Waals surface area contributed by atoms with Crippen LogP contribution in [0.3, 0.4) is 0 Å². The zero-order valence-corrected chi connectivity index (χ0v) is 13.7. The Kier molecular flexibility index (Phi) is 5.66. The van der Waals surface area contributed by atoms with Gasteiger partial charge >= 0.3 is 6.03 Å². The summed E-state index contributed by atoms with van der Waals surface area (Å²) in [5.41, 5.74) is 0.977. The van der Waals surface area contributed by atoms with Gasteiger partial charge in [0.15, 0.2) is 0 Å². The van der Waals surface area contributed by atoms with Crippen molar-refractivity contribution in [3.05, 3.63) is 28.8 Å². The first-order chi connectivity index (χ1) is 10.5. The van der Waals surface area contributed by atoms with Crippen LogP contribution in [-0.4, -0.2) is 25.0 Å². The van der Waals surface area contributed by atoms with E-state index in [9.17, 15) is 9.59 Å². The molecule has 0 atom stereocenters. The van der Waals surface area contributed by atoms with Crippen LogP contribution >= 0.6 is 11.6 Å². The average molecular weight is 324 g/mol. The third-order valence-electron chi connectivity index (χ3n) is 3.39. The predicted octanol–water partition coefficient (Wildman–Crippen LogP) is 3.26. The Morgan fingerprint density at radius 1 is 1.27 bits per heavy atom. The van der Waals surface area contributed by atoms with Gasteiger partial charge in [-0.15, -0.1) is 0 Å². The molecule has 0 spiro atoms. The van der Waals surface area contributed by atoms with Gasteiger partial charge in [-0.05, 0) is 42.9 Å². The molecule has 1 aliphatic carbocycles. The molecule has 1 fully saturated rings. The molecular weight excluding hydrogens is 302 g/mol. The molecule has 0 heterocycles. The van der Waals surface area contributed by atoms with E-state index in [1.165, 1.54) is 12.8 Å². The first-order valence-electron chi connectivity index (χ1n) is 7.58. The van der Waals surface area contributed by atoms with Gasteiger partial charge in [0.05, 0.1) is 10.6 Å². The summed E-state index contributed by atoms with van der Waals surface area (Å²) in [7, 11) is 0. The number of benzene rings is 1. The van der Waals surface area contributed by atoms with E-state index >= 15 is 0 Å². The van der Waals surface area contributed by atoms with Crippen LogP contribution < -0.4 is 16.0 Å². The van der Waals surface area contributed by atoms with Crippen molar-refractivity contribution in [1.82, 2.24) is 10.6 Å². The summed E-state index contributed by atoms with van der Waals surface area (Å²) in [5, 5.41) is 8.66. The van der Waals surface area contributed by atoms with Crippen molar-refractivity contribution in [2.45, 2.75) is 26.7 Å². The number of halogens is 1. The van der Waals surface area contributed by atoms with Crippen LogP contribution in [0, 0.1) is 11.8 Å². The average Bonchev–Trinajstić information content (AvgIpc) is 3.27. The van der Waals surface area contributed by atoms with Crippen LogP contribution in [0.15, 0.2) is 18.2 Å². The summed E-state index contributed by atoms with van der Waals surface area (Å²) in [4.78, 5) is 23.7. The van der Waals surface area contributed by atoms with Gasteiger partial charge in [-0.1, -0.05) is 25.4 Å². The summed E-state index contributed by atoms with van der Waals surface area (Å²) in [5.74, 6) is 0.795. The number of urea groups is 1. The minimum Gasteiger partial charge on any atom is -0.352 e. The third-order valence-corrected chi connectivity index (χ3v) is 3.70. The molecule has 2 rings (SSSR count). The highest BCUT2D eigenvalue weighted by Gasteiger charge is 2.21. The Balaban J connectivity index is 1.90. The fraction of sp³-hybridized carbons (Fsp3) is 0.500. The van der Waals surface area contributed by atoms with E-state index in [1.807, 2.05) is 13.8 Å². The number of rotatable bonds is 6. The van der Waals surface area contributed by atoms with E-state index in [0.29, 0.717) is 41.2 Å². The van der Waals surface area contributed by atoms with Crippen LogP contribution in [0.25, 0.3) is 0 Å². The molecule has 1 saturated carbocycles. The molecule has 0 saturated heterocycles. The van der Waals surface area contributed by atoms with Gasteiger partial charge in [0, 0.05) is 18.8 Å². The molecular formula is C16H22ClN3O2. The molecule has 0 aromatic heterocycles. The molecule has 1 aliphatic rings. The van der Waals surface area contributed by atoms with Crippen molar-refractivity contribution in [1.29, 1.82) is 0 Å². The fourth-order valence-electron chi connectivity index (χ4n) is 1.90. The summed E-state index contributed by atoms with van der Waals surface area (Å²) >= 11 is 6.13. The number of hydrogen-bond acceptors (Lipinski definition) is 2. The Labute approximate surface area is 135 Å². The molecule has 1 aromatic rings. The van der Waals surface area contributed by atoms with Gasteiger partial charge in [-0.2, -0.15) is 0 Å². The molecule has 120 valence electrons. The van der Waals surface area contributed by atoms with Crippen LogP contribution in [0.5, 0.6) is 0 Å². The zero-order valence-electron chi connectivity index (χ0n) is 12.9. The van der Waals surface area contributed by atoms with Crippen molar-refractivity contribution < 1.29 is 9.59 Å². The minimum absolute atomic E-state index is 0.205. The molecule has 1 aromatic carbocycles. The lowest BCUT2D eigenvalue weighted by Gasteiger charge is -2.11. The molecule has 3 N–H and O–H groups in total. The van der Waals surface area contributed by atoms with Gasteiger partial charge in [0.2, 0.25) is 0 Å². The van der Waals surface area contributed by atoms with Crippen molar-refractivity contribution in [3.8, 4) is 0 Å². The number of anilines is 1. The second kappa shape index (κ2) is 7.49. The van der Waals surface area contributed by atoms with E-state index in [4.69, 9.17) is 11.6 Å². The maximum Gasteiger partial charge on any atom is 0.319 e. The van der Waals surface area contributed by atoms with Crippen LogP contribution in [-0.2, 0) is 0 Å². The third kappa shape index (κ3) is 5.22. The summed E-state index contributed by atoms with van der Waals surface area (Å²) in [6.07, 6.45) is 2.37. The van der Waals surface area contributed by atoms with Crippen molar-refractivity contribution >= 4 is 29.2 Å². The first kappa shape index (κ1) is 16.6. The highest BCUT2D eigenvalue weighted by Crippen LogP contribution is 2.27. The molecule has 0 bridgehead atoms. The summed E-state index contributed by atoms with van der Waals surface area (Å²) in [6.45, 7) is 5.35. The number of carbonyl (C=O) groups excluding carboxylic acids is 2. The molecule has 22 heavy (non-hydrogen) atoms. The Morgan fingerprint density at radius 2 is 2.00 bits per heavy atom. The molecule has 0 unspecified atom stereocenters. The summed E-state index contributed by atoms with van der Waals surface area (Å²) in [6, 6.07) is 4.63. The van der Waals surface area contributed by atoms with E-state index < -0.39 is 0 Å². The Morgan fingerprint density at radius 3 is 2.59 bits per heavy atom. The second-order valence-electron chi connectivity index (χ2n) is 6.08. The molecule has 5 nitrogen and oxygen atoms in total. The highest BCUT2D eigenvalue weighted by molar-refractivity contribution is 6.34. The van der Waals surface area contributed by atoms with Gasteiger partial charge < -0.3 is 16.0 Å². The fourth-order valence-corrected chi connectivity index (χ4v) is 2.17. The first-order valence-corrected chi connectivity index (χ1v) is 7.96. The van der Waals surface area contributed by atoms with Crippen LogP contribution in [0.2, 0.25) is 5.02 Å². The van der Waals surface area contributed by atoms with Gasteiger partial charge in [-0.25, -0.2) is 4.79 Å². The molecule has 3 amide bonds. The topological polar surface area (TPSA) is 70.2 Å². The largest absolute Gasteiger partial charge is 0.352 e. The quantitative estimate of drug-likeness (QED) is 0.752. The monoisotopic (exact) mass is 323 g/mol. The number of nitrogens with one attached hydrogen (secondary N) is 3. The van der Waals surface area contributed by atoms with Gasteiger partial charge in [-0.3, -0.25) is 4.79 Å². The number of hydrogen-bond donors (Lipinski definition) is 3. The molecule has 6 heteroatoms. The van der Waals surface area contributed by atoms with E-state index in [0.717, 1.165) is 0 Å². The smallest absolute Gasteiger partial charge is 0.319 e. The molecule has 0 radical (unpaired) electrons. The maximum atomic E-state index is 12.0. The molecule has 0 aliphatic heterocycles. The van der Waals surface area contributed by atoms with E-state index in [-0.39, 0.29) is 11.9 Å². The van der Waals surface area contributed by atoms with Gasteiger partial charge in [0.25, 0.3) is 5.91 Å². The van der Waals surface area contributed by atoms with Crippen LogP contribution in [0.1, 0.15) is 37.0 Å².